The summed E-state index contributed by atoms with van der Waals surface area (Å²) < 4.78 is 5.55. The molecule has 7 heteroatoms. The monoisotopic (exact) mass is 449 g/mol. The van der Waals surface area contributed by atoms with Crippen molar-refractivity contribution < 1.29 is 9.53 Å². The molecule has 176 valence electrons. The second-order valence-corrected chi connectivity index (χ2v) is 9.05. The van der Waals surface area contributed by atoms with Crippen molar-refractivity contribution in [3.05, 3.63) is 59.7 Å². The predicted octanol–water partition coefficient (Wildman–Crippen LogP) is 2.45. The van der Waals surface area contributed by atoms with Gasteiger partial charge in [0.05, 0.1) is 12.8 Å². The zero-order valence-corrected chi connectivity index (χ0v) is 19.9. The number of nitrogens with one attached hydrogen (secondary N) is 2. The van der Waals surface area contributed by atoms with Crippen molar-refractivity contribution in [2.45, 2.75) is 37.8 Å². The predicted molar refractivity (Wildman–Crippen MR) is 133 cm³/mol. The van der Waals surface area contributed by atoms with Crippen molar-refractivity contribution in [3.8, 4) is 5.75 Å². The first-order valence-corrected chi connectivity index (χ1v) is 11.8. The maximum Gasteiger partial charge on any atom is 0.243 e. The maximum atomic E-state index is 12.2. The summed E-state index contributed by atoms with van der Waals surface area (Å²) in [6.07, 6.45) is 4.07. The van der Waals surface area contributed by atoms with Crippen molar-refractivity contribution in [2.24, 2.45) is 4.99 Å². The molecule has 2 aromatic rings. The zero-order chi connectivity index (χ0) is 23.2. The van der Waals surface area contributed by atoms with Gasteiger partial charge in [-0.25, -0.2) is 4.99 Å². The fourth-order valence-electron chi connectivity index (χ4n) is 4.62. The zero-order valence-electron chi connectivity index (χ0n) is 19.9. The molecule has 1 heterocycles. The number of hydrogen-bond donors (Lipinski definition) is 2. The number of methoxy groups -OCH3 is 1. The number of fused-ring (bicyclic) bond motifs is 1. The van der Waals surface area contributed by atoms with Gasteiger partial charge < -0.3 is 25.2 Å². The molecule has 2 N–H and O–H groups in total. The Hall–Kier alpha value is -3.22. The van der Waals surface area contributed by atoms with Gasteiger partial charge in [0.25, 0.3) is 0 Å². The van der Waals surface area contributed by atoms with Crippen LogP contribution in [0.5, 0.6) is 5.75 Å². The van der Waals surface area contributed by atoms with Crippen molar-refractivity contribution in [1.29, 1.82) is 0 Å². The Balaban J connectivity index is 1.43. The van der Waals surface area contributed by atoms with Crippen molar-refractivity contribution in [2.75, 3.05) is 45.7 Å². The van der Waals surface area contributed by atoms with Crippen LogP contribution >= 0.6 is 0 Å². The van der Waals surface area contributed by atoms with Gasteiger partial charge in [0.2, 0.25) is 5.91 Å². The second-order valence-electron chi connectivity index (χ2n) is 9.05. The Morgan fingerprint density at radius 3 is 2.58 bits per heavy atom. The smallest absolute Gasteiger partial charge is 0.243 e. The summed E-state index contributed by atoms with van der Waals surface area (Å²) in [6.45, 7) is 1.93. The number of carbonyl (C=O) groups excluding carboxylic acids is 1. The Morgan fingerprint density at radius 1 is 1.06 bits per heavy atom. The first-order chi connectivity index (χ1) is 16.0. The molecule has 0 saturated carbocycles. The van der Waals surface area contributed by atoms with E-state index in [1.165, 1.54) is 11.1 Å². The number of aliphatic imine (C=N–C) groups is 1. The molecule has 1 saturated heterocycles. The van der Waals surface area contributed by atoms with Crippen LogP contribution < -0.4 is 20.3 Å². The van der Waals surface area contributed by atoms with Crippen molar-refractivity contribution >= 4 is 17.6 Å². The van der Waals surface area contributed by atoms with E-state index in [0.717, 1.165) is 56.2 Å². The number of anilines is 1. The Labute approximate surface area is 196 Å². The third kappa shape index (κ3) is 5.78. The van der Waals surface area contributed by atoms with Gasteiger partial charge in [0.1, 0.15) is 12.3 Å². The highest BCUT2D eigenvalue weighted by Gasteiger charge is 2.26. The van der Waals surface area contributed by atoms with Gasteiger partial charge in [-0.05, 0) is 48.9 Å². The summed E-state index contributed by atoms with van der Waals surface area (Å²) in [4.78, 5) is 20.8. The van der Waals surface area contributed by atoms with Crippen LogP contribution in [0.15, 0.2) is 53.5 Å². The van der Waals surface area contributed by atoms with Gasteiger partial charge in [-0.3, -0.25) is 4.79 Å². The number of para-hydroxylation sites is 2. The van der Waals surface area contributed by atoms with Crippen LogP contribution in [0.2, 0.25) is 0 Å². The maximum absolute atomic E-state index is 12.2. The number of aryl methyl sites for hydroxylation is 1. The molecule has 2 atom stereocenters. The third-order valence-corrected chi connectivity index (χ3v) is 6.51. The molecule has 1 aliphatic carbocycles. The van der Waals surface area contributed by atoms with Crippen LogP contribution in [0.3, 0.4) is 0 Å². The first kappa shape index (κ1) is 23.0. The van der Waals surface area contributed by atoms with Crippen LogP contribution in [0.25, 0.3) is 0 Å². The van der Waals surface area contributed by atoms with Gasteiger partial charge in [-0.2, -0.15) is 0 Å². The van der Waals surface area contributed by atoms with Gasteiger partial charge in [0, 0.05) is 39.3 Å². The van der Waals surface area contributed by atoms with Crippen LogP contribution in [0.1, 0.15) is 24.0 Å². The van der Waals surface area contributed by atoms with E-state index in [-0.39, 0.29) is 18.5 Å². The average molecular weight is 450 g/mol. The van der Waals surface area contributed by atoms with Gasteiger partial charge in [0.15, 0.2) is 5.96 Å². The van der Waals surface area contributed by atoms with Gasteiger partial charge in [-0.15, -0.1) is 0 Å². The van der Waals surface area contributed by atoms with Gasteiger partial charge in [-0.1, -0.05) is 36.4 Å². The summed E-state index contributed by atoms with van der Waals surface area (Å²) in [5, 5.41) is 7.22. The number of amides is 1. The first-order valence-electron chi connectivity index (χ1n) is 11.8. The SMILES string of the molecule is COc1ccccc1N1CCC(NC(=NCC(=O)N(C)C)NC2CCc3ccccc3C2)C1. The molecule has 1 amide bonds. The van der Waals surface area contributed by atoms with E-state index in [1.54, 1.807) is 26.1 Å². The Bertz CT molecular complexity index is 990. The number of likely N-dealkylation sites (N-methyl/N-ethyl adjacent to an activating group) is 1. The molecule has 33 heavy (non-hydrogen) atoms. The van der Waals surface area contributed by atoms with Crippen LogP contribution in [-0.2, 0) is 17.6 Å². The quantitative estimate of drug-likeness (QED) is 0.524. The highest BCUT2D eigenvalue weighted by molar-refractivity contribution is 5.85. The van der Waals surface area contributed by atoms with Crippen molar-refractivity contribution in [3.63, 3.8) is 0 Å². The largest absolute Gasteiger partial charge is 0.495 e. The van der Waals surface area contributed by atoms with E-state index in [9.17, 15) is 4.79 Å². The van der Waals surface area contributed by atoms with E-state index in [0.29, 0.717) is 6.04 Å². The molecule has 7 nitrogen and oxygen atoms in total. The van der Waals surface area contributed by atoms with E-state index in [1.807, 2.05) is 18.2 Å². The lowest BCUT2D eigenvalue weighted by molar-refractivity contribution is -0.127. The topological polar surface area (TPSA) is 69.2 Å². The van der Waals surface area contributed by atoms with Crippen LogP contribution in [0.4, 0.5) is 5.69 Å². The lowest BCUT2D eigenvalue weighted by atomic mass is 9.88. The number of guanidine groups is 1. The number of carbonyl (C=O) groups is 1. The summed E-state index contributed by atoms with van der Waals surface area (Å²) in [5.74, 6) is 1.61. The summed E-state index contributed by atoms with van der Waals surface area (Å²) in [5.41, 5.74) is 3.95. The molecule has 1 aliphatic heterocycles. The molecule has 0 bridgehead atoms. The Kier molecular flexibility index (Phi) is 7.37. The molecular formula is C26H35N5O2. The number of nitrogens with zero attached hydrogens (tertiary/aromatic N) is 3. The van der Waals surface area contributed by atoms with Gasteiger partial charge >= 0.3 is 0 Å². The number of ether oxygens (including phenoxy) is 1. The number of rotatable bonds is 6. The van der Waals surface area contributed by atoms with E-state index in [2.05, 4.69) is 50.9 Å². The van der Waals surface area contributed by atoms with Crippen molar-refractivity contribution in [1.82, 2.24) is 15.5 Å². The molecule has 2 aromatic carbocycles. The lowest BCUT2D eigenvalue weighted by Gasteiger charge is -2.28. The lowest BCUT2D eigenvalue weighted by Crippen LogP contribution is -2.50. The summed E-state index contributed by atoms with van der Waals surface area (Å²) >= 11 is 0. The minimum absolute atomic E-state index is 0.00726. The molecule has 4 rings (SSSR count). The highest BCUT2D eigenvalue weighted by atomic mass is 16.5. The van der Waals surface area contributed by atoms with Crippen LogP contribution in [-0.4, -0.2) is 69.7 Å². The number of benzene rings is 2. The van der Waals surface area contributed by atoms with E-state index in [4.69, 9.17) is 4.74 Å². The molecular weight excluding hydrogens is 414 g/mol. The number of hydrogen-bond acceptors (Lipinski definition) is 4. The Morgan fingerprint density at radius 2 is 1.79 bits per heavy atom. The fourth-order valence-corrected chi connectivity index (χ4v) is 4.62. The second kappa shape index (κ2) is 10.6. The molecule has 2 unspecified atom stereocenters. The average Bonchev–Trinajstić information content (AvgIpc) is 3.30. The van der Waals surface area contributed by atoms with Crippen LogP contribution in [0, 0.1) is 0 Å². The fraction of sp³-hybridized carbons (Fsp3) is 0.462. The molecule has 0 radical (unpaired) electrons. The van der Waals surface area contributed by atoms with E-state index >= 15 is 0 Å². The minimum Gasteiger partial charge on any atom is -0.495 e. The summed E-state index contributed by atoms with van der Waals surface area (Å²) in [6, 6.07) is 17.3. The highest BCUT2D eigenvalue weighted by Crippen LogP contribution is 2.30. The molecule has 2 aliphatic rings. The molecule has 0 spiro atoms. The standard InChI is InChI=1S/C26H35N5O2/c1-30(2)25(32)17-27-26(28-21-13-12-19-8-4-5-9-20(19)16-21)29-22-14-15-31(18-22)23-10-6-7-11-24(23)33-3/h4-11,21-22H,12-18H2,1-3H3,(H2,27,28,29). The molecule has 1 fully saturated rings. The van der Waals surface area contributed by atoms with E-state index < -0.39 is 0 Å². The normalized spacial score (nSPS) is 20.2. The molecule has 0 aromatic heterocycles. The minimum atomic E-state index is -0.00726. The summed E-state index contributed by atoms with van der Waals surface area (Å²) in [7, 11) is 5.24. The third-order valence-electron chi connectivity index (χ3n) is 6.51.